The zero-order chi connectivity index (χ0) is 27.1. The number of urea groups is 1. The number of ether oxygens (including phenoxy) is 1. The largest absolute Gasteiger partial charge is 0.462 e. The van der Waals surface area contributed by atoms with Gasteiger partial charge in [0.2, 0.25) is 11.8 Å². The first kappa shape index (κ1) is 25.9. The van der Waals surface area contributed by atoms with Gasteiger partial charge in [-0.1, -0.05) is 29.2 Å². The highest BCUT2D eigenvalue weighted by molar-refractivity contribution is 8.00. The number of amides is 5. The maximum absolute atomic E-state index is 13.1. The van der Waals surface area contributed by atoms with Gasteiger partial charge in [0.15, 0.2) is 0 Å². The number of anilines is 1. The molecule has 1 fully saturated rings. The van der Waals surface area contributed by atoms with Gasteiger partial charge in [0.05, 0.1) is 23.1 Å². The summed E-state index contributed by atoms with van der Waals surface area (Å²) in [4.78, 5) is 77.1. The van der Waals surface area contributed by atoms with Gasteiger partial charge in [-0.15, -0.1) is 11.3 Å². The zero-order valence-electron chi connectivity index (χ0n) is 19.7. The molecule has 5 rings (SSSR count). The predicted octanol–water partition coefficient (Wildman–Crippen LogP) is 2.46. The zero-order valence-corrected chi connectivity index (χ0v) is 22.2. The number of imide groups is 3. The first-order valence-electron chi connectivity index (χ1n) is 11.4. The third kappa shape index (κ3) is 4.44. The van der Waals surface area contributed by atoms with Crippen LogP contribution in [0.1, 0.15) is 33.0 Å². The van der Waals surface area contributed by atoms with E-state index in [1.165, 1.54) is 28.0 Å². The lowest BCUT2D eigenvalue weighted by Gasteiger charge is -2.29. The van der Waals surface area contributed by atoms with Crippen molar-refractivity contribution in [2.45, 2.75) is 29.7 Å². The van der Waals surface area contributed by atoms with Crippen molar-refractivity contribution in [3.63, 3.8) is 0 Å². The van der Waals surface area contributed by atoms with Gasteiger partial charge in [-0.2, -0.15) is 4.90 Å². The number of hydrogen-bond donors (Lipinski definition) is 2. The number of fused-ring (bicyclic) bond motifs is 2. The molecule has 2 aromatic heterocycles. The molecule has 0 saturated carbocycles. The Kier molecular flexibility index (Phi) is 6.94. The highest BCUT2D eigenvalue weighted by Crippen LogP contribution is 2.53. The number of rotatable bonds is 6. The summed E-state index contributed by atoms with van der Waals surface area (Å²) in [5, 5.41) is 3.95. The lowest BCUT2D eigenvalue weighted by atomic mass is 9.87. The van der Waals surface area contributed by atoms with Gasteiger partial charge in [-0.25, -0.2) is 9.59 Å². The van der Waals surface area contributed by atoms with E-state index in [-0.39, 0.29) is 13.2 Å². The molecule has 0 radical (unpaired) electrons. The predicted molar refractivity (Wildman–Crippen MR) is 140 cm³/mol. The molecule has 14 heteroatoms. The minimum absolute atomic E-state index is 0.240. The van der Waals surface area contributed by atoms with E-state index in [0.717, 1.165) is 28.0 Å². The molecular formula is C24H20N4O7S3. The summed E-state index contributed by atoms with van der Waals surface area (Å²) >= 11 is 3.27. The van der Waals surface area contributed by atoms with Gasteiger partial charge >= 0.3 is 16.9 Å². The molecule has 1 saturated heterocycles. The molecule has 196 valence electrons. The highest BCUT2D eigenvalue weighted by Gasteiger charge is 2.58. The van der Waals surface area contributed by atoms with Crippen molar-refractivity contribution in [2.75, 3.05) is 11.9 Å². The molecule has 0 bridgehead atoms. The monoisotopic (exact) mass is 572 g/mol. The Morgan fingerprint density at radius 3 is 2.45 bits per heavy atom. The number of aromatic nitrogens is 1. The molecular weight excluding hydrogens is 552 g/mol. The van der Waals surface area contributed by atoms with Crippen molar-refractivity contribution >= 4 is 69.8 Å². The van der Waals surface area contributed by atoms with Crippen LogP contribution in [0.5, 0.6) is 0 Å². The van der Waals surface area contributed by atoms with Crippen LogP contribution < -0.4 is 15.9 Å². The second-order valence-corrected chi connectivity index (χ2v) is 11.5. The number of hydrogen-bond acceptors (Lipinski definition) is 10. The summed E-state index contributed by atoms with van der Waals surface area (Å²) < 4.78 is 6.22. The number of likely N-dealkylation sites (tertiary alicyclic amines) is 1. The quantitative estimate of drug-likeness (QED) is 0.337. The normalized spacial score (nSPS) is 20.1. The number of nitrogens with zero attached hydrogens (tertiary/aromatic N) is 2. The Morgan fingerprint density at radius 2 is 1.82 bits per heavy atom. The molecule has 38 heavy (non-hydrogen) atoms. The number of thiophene rings is 1. The third-order valence-corrected chi connectivity index (χ3v) is 9.66. The maximum atomic E-state index is 13.1. The van der Waals surface area contributed by atoms with Gasteiger partial charge in [0.25, 0.3) is 5.91 Å². The van der Waals surface area contributed by atoms with Crippen LogP contribution in [0.2, 0.25) is 0 Å². The van der Waals surface area contributed by atoms with Gasteiger partial charge in [0.1, 0.15) is 11.8 Å². The van der Waals surface area contributed by atoms with Gasteiger partial charge < -0.3 is 15.8 Å². The minimum atomic E-state index is -1.14. The second-order valence-electron chi connectivity index (χ2n) is 8.38. The third-order valence-electron chi connectivity index (χ3n) is 6.10. The van der Waals surface area contributed by atoms with Crippen molar-refractivity contribution in [2.24, 2.45) is 11.7 Å². The molecule has 3 aromatic rings. The van der Waals surface area contributed by atoms with Crippen LogP contribution >= 0.6 is 34.4 Å². The fraction of sp³-hybridized carbons (Fsp3) is 0.250. The van der Waals surface area contributed by atoms with Crippen molar-refractivity contribution in [3.8, 4) is 0 Å². The van der Waals surface area contributed by atoms with E-state index >= 15 is 0 Å². The fourth-order valence-corrected chi connectivity index (χ4v) is 8.22. The first-order chi connectivity index (χ1) is 18.2. The maximum Gasteiger partial charge on any atom is 0.338 e. The molecule has 3 N–H and O–H groups in total. The Morgan fingerprint density at radius 1 is 1.08 bits per heavy atom. The van der Waals surface area contributed by atoms with Crippen LogP contribution in [0.3, 0.4) is 0 Å². The van der Waals surface area contributed by atoms with Gasteiger partial charge in [-0.3, -0.25) is 23.7 Å². The molecule has 3 atom stereocenters. The number of nitrogens with two attached hydrogens (primary N) is 1. The van der Waals surface area contributed by atoms with E-state index in [1.54, 1.807) is 31.2 Å². The van der Waals surface area contributed by atoms with Crippen molar-refractivity contribution in [3.05, 3.63) is 66.8 Å². The number of benzene rings is 1. The lowest BCUT2D eigenvalue weighted by molar-refractivity contribution is -0.135. The van der Waals surface area contributed by atoms with Crippen LogP contribution in [0.25, 0.3) is 0 Å². The topological polar surface area (TPSA) is 158 Å². The molecule has 4 heterocycles. The summed E-state index contributed by atoms with van der Waals surface area (Å²) in [6.07, 6.45) is 0. The Bertz CT molecular complexity index is 1510. The summed E-state index contributed by atoms with van der Waals surface area (Å²) in [5.74, 6) is -3.94. The fourth-order valence-electron chi connectivity index (χ4n) is 4.50. The summed E-state index contributed by atoms with van der Waals surface area (Å²) in [6, 6.07) is 8.57. The molecule has 2 aliphatic rings. The molecule has 0 spiro atoms. The van der Waals surface area contributed by atoms with Crippen molar-refractivity contribution < 1.29 is 28.7 Å². The number of thiazole rings is 1. The SMILES string of the molecule is CCOC(=O)c1ccc(NC(=O)Cn2c3c(sc2=O)C(c2cccs2)C2C(=O)N(C(N)=O)C(=O)C2S3)cc1. The molecule has 11 nitrogen and oxygen atoms in total. The van der Waals surface area contributed by atoms with Crippen LogP contribution in [-0.2, 0) is 25.7 Å². The lowest BCUT2D eigenvalue weighted by Crippen LogP contribution is -2.41. The average molecular weight is 573 g/mol. The average Bonchev–Trinajstić information content (AvgIpc) is 3.57. The Labute approximate surface area is 227 Å². The van der Waals surface area contributed by atoms with E-state index < -0.39 is 51.7 Å². The molecule has 1 aromatic carbocycles. The standard InChI is InChI=1S/C24H20N4O7S3/c1-2-35-22(32)11-5-7-12(8-6-11)26-14(29)10-27-21-18(38-24(27)34)15(13-4-3-9-36-13)16-17(37-21)20(31)28(19(16)30)23(25)33/h3-9,15-17H,2,10H2,1H3,(H2,25,33)(H,26,29). The number of carbonyl (C=O) groups excluding carboxylic acids is 5. The minimum Gasteiger partial charge on any atom is -0.462 e. The van der Waals surface area contributed by atoms with Gasteiger partial charge in [-0.05, 0) is 42.6 Å². The number of esters is 1. The van der Waals surface area contributed by atoms with Crippen LogP contribution in [0.4, 0.5) is 10.5 Å². The van der Waals surface area contributed by atoms with Crippen LogP contribution in [0.15, 0.2) is 51.6 Å². The smallest absolute Gasteiger partial charge is 0.338 e. The first-order valence-corrected chi connectivity index (χ1v) is 14.0. The summed E-state index contributed by atoms with van der Waals surface area (Å²) in [7, 11) is 0. The van der Waals surface area contributed by atoms with E-state index in [1.807, 2.05) is 5.38 Å². The highest BCUT2D eigenvalue weighted by atomic mass is 32.2. The van der Waals surface area contributed by atoms with Crippen LogP contribution in [0, 0.1) is 5.92 Å². The van der Waals surface area contributed by atoms with E-state index in [4.69, 9.17) is 10.5 Å². The second kappa shape index (κ2) is 10.2. The van der Waals surface area contributed by atoms with Crippen molar-refractivity contribution in [1.82, 2.24) is 9.47 Å². The number of nitrogens with one attached hydrogen (secondary N) is 1. The van der Waals surface area contributed by atoms with E-state index in [9.17, 15) is 28.8 Å². The molecule has 5 amide bonds. The van der Waals surface area contributed by atoms with Crippen LogP contribution in [-0.4, -0.2) is 51.0 Å². The number of primary amides is 1. The number of thioether (sulfide) groups is 1. The molecule has 0 aliphatic carbocycles. The van der Waals surface area contributed by atoms with Crippen molar-refractivity contribution in [1.29, 1.82) is 0 Å². The summed E-state index contributed by atoms with van der Waals surface area (Å²) in [5.41, 5.74) is 6.07. The van der Waals surface area contributed by atoms with E-state index in [2.05, 4.69) is 5.32 Å². The molecule has 3 unspecified atom stereocenters. The Balaban J connectivity index is 1.44. The molecule has 2 aliphatic heterocycles. The van der Waals surface area contributed by atoms with E-state index in [0.29, 0.717) is 26.1 Å². The van der Waals surface area contributed by atoms with Gasteiger partial charge in [0, 0.05) is 21.4 Å². The summed E-state index contributed by atoms with van der Waals surface area (Å²) in [6.45, 7) is 1.60. The number of carbonyl (C=O) groups is 5. The Hall–Kier alpha value is -3.75.